The molecule has 0 amide bonds. The van der Waals surface area contributed by atoms with Crippen LogP contribution in [0.2, 0.25) is 0 Å². The molecule has 0 aliphatic carbocycles. The molecule has 1 heterocycles. The van der Waals surface area contributed by atoms with Crippen LogP contribution in [0.5, 0.6) is 0 Å². The summed E-state index contributed by atoms with van der Waals surface area (Å²) < 4.78 is 5.60. The molecular weight excluding hydrogens is 248 g/mol. The number of cyclic esters (lactones) is 1. The van der Waals surface area contributed by atoms with E-state index >= 15 is 0 Å². The summed E-state index contributed by atoms with van der Waals surface area (Å²) >= 11 is 0. The predicted molar refractivity (Wildman–Crippen MR) is 78.5 cm³/mol. The van der Waals surface area contributed by atoms with Gasteiger partial charge in [-0.2, -0.15) is 0 Å². The molecule has 2 aromatic carbocycles. The number of hydrogen-bond donors (Lipinski definition) is 0. The standard InChI is InChI=1S/C18H18O2/c1-2-16-18(13-17(19)20-16,14-9-5-3-6-10-14)15-11-7-4-8-12-15/h3-12,16H,2,13H2,1H3. The van der Waals surface area contributed by atoms with Crippen LogP contribution in [0.4, 0.5) is 0 Å². The van der Waals surface area contributed by atoms with Gasteiger partial charge < -0.3 is 4.74 Å². The maximum absolute atomic E-state index is 12.0. The van der Waals surface area contributed by atoms with Crippen molar-refractivity contribution >= 4 is 5.97 Å². The van der Waals surface area contributed by atoms with E-state index in [-0.39, 0.29) is 17.5 Å². The van der Waals surface area contributed by atoms with E-state index in [2.05, 4.69) is 31.2 Å². The number of esters is 1. The Kier molecular flexibility index (Phi) is 3.31. The number of hydrogen-bond acceptors (Lipinski definition) is 2. The fourth-order valence-electron chi connectivity index (χ4n) is 3.29. The first-order chi connectivity index (χ1) is 9.77. The van der Waals surface area contributed by atoms with Crippen molar-refractivity contribution in [1.82, 2.24) is 0 Å². The first-order valence-corrected chi connectivity index (χ1v) is 7.08. The van der Waals surface area contributed by atoms with Crippen molar-refractivity contribution in [3.63, 3.8) is 0 Å². The van der Waals surface area contributed by atoms with Crippen LogP contribution in [0.15, 0.2) is 60.7 Å². The highest BCUT2D eigenvalue weighted by atomic mass is 16.6. The van der Waals surface area contributed by atoms with E-state index in [1.54, 1.807) is 0 Å². The summed E-state index contributed by atoms with van der Waals surface area (Å²) in [6, 6.07) is 20.5. The summed E-state index contributed by atoms with van der Waals surface area (Å²) in [5.74, 6) is -0.107. The molecule has 2 heteroatoms. The zero-order chi connectivity index (χ0) is 14.0. The summed E-state index contributed by atoms with van der Waals surface area (Å²) in [6.07, 6.45) is 1.13. The van der Waals surface area contributed by atoms with E-state index in [0.717, 1.165) is 17.5 Å². The Bertz CT molecular complexity index is 550. The van der Waals surface area contributed by atoms with Crippen molar-refractivity contribution in [2.45, 2.75) is 31.3 Å². The largest absolute Gasteiger partial charge is 0.461 e. The molecule has 0 saturated carbocycles. The summed E-state index contributed by atoms with van der Waals surface area (Å²) in [4.78, 5) is 12.0. The maximum Gasteiger partial charge on any atom is 0.307 e. The van der Waals surface area contributed by atoms with E-state index < -0.39 is 0 Å². The van der Waals surface area contributed by atoms with Gasteiger partial charge in [-0.3, -0.25) is 4.79 Å². The van der Waals surface area contributed by atoms with Crippen LogP contribution in [0.3, 0.4) is 0 Å². The topological polar surface area (TPSA) is 26.3 Å². The van der Waals surface area contributed by atoms with Gasteiger partial charge in [0.2, 0.25) is 0 Å². The lowest BCUT2D eigenvalue weighted by Crippen LogP contribution is -2.36. The number of ether oxygens (including phenoxy) is 1. The lowest BCUT2D eigenvalue weighted by Gasteiger charge is -2.33. The van der Waals surface area contributed by atoms with Gasteiger partial charge in [0.25, 0.3) is 0 Å². The molecule has 2 nitrogen and oxygen atoms in total. The number of rotatable bonds is 3. The molecule has 1 aliphatic rings. The minimum absolute atomic E-state index is 0.0974. The SMILES string of the molecule is CCC1OC(=O)CC1(c1ccccc1)c1ccccc1. The van der Waals surface area contributed by atoms with Gasteiger partial charge in [0.05, 0.1) is 11.8 Å². The van der Waals surface area contributed by atoms with E-state index in [0.29, 0.717) is 6.42 Å². The average molecular weight is 266 g/mol. The predicted octanol–water partition coefficient (Wildman–Crippen LogP) is 3.70. The summed E-state index contributed by atoms with van der Waals surface area (Å²) in [7, 11) is 0. The van der Waals surface area contributed by atoms with E-state index in [1.807, 2.05) is 36.4 Å². The van der Waals surface area contributed by atoms with Crippen LogP contribution >= 0.6 is 0 Å². The second kappa shape index (κ2) is 5.12. The van der Waals surface area contributed by atoms with Gasteiger partial charge in [0, 0.05) is 0 Å². The second-order valence-corrected chi connectivity index (χ2v) is 5.27. The van der Waals surface area contributed by atoms with Gasteiger partial charge in [-0.05, 0) is 17.5 Å². The van der Waals surface area contributed by atoms with Crippen molar-refractivity contribution in [1.29, 1.82) is 0 Å². The van der Waals surface area contributed by atoms with Gasteiger partial charge in [-0.1, -0.05) is 67.6 Å². The lowest BCUT2D eigenvalue weighted by molar-refractivity contribution is -0.141. The molecule has 1 unspecified atom stereocenters. The highest BCUT2D eigenvalue weighted by molar-refractivity contribution is 5.76. The molecular formula is C18H18O2. The molecule has 1 aliphatic heterocycles. The zero-order valence-corrected chi connectivity index (χ0v) is 11.6. The van der Waals surface area contributed by atoms with Crippen LogP contribution in [-0.2, 0) is 14.9 Å². The monoisotopic (exact) mass is 266 g/mol. The van der Waals surface area contributed by atoms with Crippen molar-refractivity contribution in [2.75, 3.05) is 0 Å². The van der Waals surface area contributed by atoms with Gasteiger partial charge in [-0.25, -0.2) is 0 Å². The van der Waals surface area contributed by atoms with Crippen molar-refractivity contribution in [3.05, 3.63) is 71.8 Å². The lowest BCUT2D eigenvalue weighted by atomic mass is 9.69. The third kappa shape index (κ3) is 1.92. The van der Waals surface area contributed by atoms with Crippen LogP contribution in [0.25, 0.3) is 0 Å². The van der Waals surface area contributed by atoms with E-state index in [9.17, 15) is 4.79 Å². The van der Waals surface area contributed by atoms with E-state index in [4.69, 9.17) is 4.74 Å². The first kappa shape index (κ1) is 12.9. The quantitative estimate of drug-likeness (QED) is 0.792. The molecule has 0 aromatic heterocycles. The Balaban J connectivity index is 2.21. The fraction of sp³-hybridized carbons (Fsp3) is 0.278. The maximum atomic E-state index is 12.0. The Morgan fingerprint density at radius 1 is 1.00 bits per heavy atom. The van der Waals surface area contributed by atoms with Gasteiger partial charge in [-0.15, -0.1) is 0 Å². The third-order valence-corrected chi connectivity index (χ3v) is 4.20. The van der Waals surface area contributed by atoms with Crippen molar-refractivity contribution in [3.8, 4) is 0 Å². The first-order valence-electron chi connectivity index (χ1n) is 7.08. The zero-order valence-electron chi connectivity index (χ0n) is 11.6. The fourth-order valence-corrected chi connectivity index (χ4v) is 3.29. The van der Waals surface area contributed by atoms with Crippen LogP contribution < -0.4 is 0 Å². The molecule has 0 radical (unpaired) electrons. The molecule has 1 saturated heterocycles. The van der Waals surface area contributed by atoms with Crippen LogP contribution in [0, 0.1) is 0 Å². The van der Waals surface area contributed by atoms with Crippen LogP contribution in [0.1, 0.15) is 30.9 Å². The van der Waals surface area contributed by atoms with Crippen molar-refractivity contribution in [2.24, 2.45) is 0 Å². The molecule has 1 fully saturated rings. The molecule has 102 valence electrons. The summed E-state index contributed by atoms with van der Waals surface area (Å²) in [5, 5.41) is 0. The van der Waals surface area contributed by atoms with Gasteiger partial charge >= 0.3 is 5.97 Å². The van der Waals surface area contributed by atoms with Crippen molar-refractivity contribution < 1.29 is 9.53 Å². The highest BCUT2D eigenvalue weighted by Gasteiger charge is 2.50. The van der Waals surface area contributed by atoms with Gasteiger partial charge in [0.1, 0.15) is 6.10 Å². The normalized spacial score (nSPS) is 20.6. The van der Waals surface area contributed by atoms with Crippen LogP contribution in [-0.4, -0.2) is 12.1 Å². The smallest absolute Gasteiger partial charge is 0.307 e. The number of carbonyl (C=O) groups is 1. The molecule has 2 aromatic rings. The highest BCUT2D eigenvalue weighted by Crippen LogP contribution is 2.45. The minimum Gasteiger partial charge on any atom is -0.461 e. The molecule has 0 spiro atoms. The minimum atomic E-state index is -0.353. The summed E-state index contributed by atoms with van der Waals surface area (Å²) in [6.45, 7) is 2.07. The molecule has 3 rings (SSSR count). The summed E-state index contributed by atoms with van der Waals surface area (Å²) in [5.41, 5.74) is 1.96. The number of benzene rings is 2. The Morgan fingerprint density at radius 2 is 1.50 bits per heavy atom. The van der Waals surface area contributed by atoms with Gasteiger partial charge in [0.15, 0.2) is 0 Å². The Morgan fingerprint density at radius 3 is 1.95 bits per heavy atom. The Labute approximate surface area is 119 Å². The Hall–Kier alpha value is -2.09. The second-order valence-electron chi connectivity index (χ2n) is 5.27. The third-order valence-electron chi connectivity index (χ3n) is 4.20. The average Bonchev–Trinajstić information content (AvgIpc) is 2.87. The molecule has 0 N–H and O–H groups in total. The molecule has 0 bridgehead atoms. The molecule has 20 heavy (non-hydrogen) atoms. The number of carbonyl (C=O) groups excluding carboxylic acids is 1. The molecule has 1 atom stereocenters. The van der Waals surface area contributed by atoms with E-state index in [1.165, 1.54) is 0 Å².